The predicted octanol–water partition coefficient (Wildman–Crippen LogP) is 3.85. The lowest BCUT2D eigenvalue weighted by Gasteiger charge is -2.13. The normalized spacial score (nSPS) is 10.2. The van der Waals surface area contributed by atoms with Crippen LogP contribution < -0.4 is 16.4 Å². The van der Waals surface area contributed by atoms with Crippen molar-refractivity contribution in [3.05, 3.63) is 66.5 Å². The number of hydrogen-bond donors (Lipinski definition) is 3. The summed E-state index contributed by atoms with van der Waals surface area (Å²) in [5.41, 5.74) is 9.55. The van der Waals surface area contributed by atoms with Gasteiger partial charge in [-0.1, -0.05) is 18.2 Å². The van der Waals surface area contributed by atoms with Crippen LogP contribution in [0.2, 0.25) is 0 Å². The van der Waals surface area contributed by atoms with Crippen molar-refractivity contribution in [1.29, 1.82) is 0 Å². The molecule has 3 rings (SSSR count). The predicted molar refractivity (Wildman–Crippen MR) is 90.6 cm³/mol. The van der Waals surface area contributed by atoms with Crippen LogP contribution >= 0.6 is 0 Å². The second-order valence-corrected chi connectivity index (χ2v) is 4.94. The highest BCUT2D eigenvalue weighted by molar-refractivity contribution is 5.75. The van der Waals surface area contributed by atoms with Gasteiger partial charge in [0.15, 0.2) is 0 Å². The molecule has 0 aliphatic heterocycles. The van der Waals surface area contributed by atoms with Crippen molar-refractivity contribution >= 4 is 28.7 Å². The maximum absolute atomic E-state index is 5.98. The van der Waals surface area contributed by atoms with E-state index in [0.29, 0.717) is 5.69 Å². The fourth-order valence-electron chi connectivity index (χ4n) is 2.05. The van der Waals surface area contributed by atoms with Crippen molar-refractivity contribution < 1.29 is 0 Å². The summed E-state index contributed by atoms with van der Waals surface area (Å²) in [6.07, 6.45) is 3.55. The Bertz CT molecular complexity index is 771. The van der Waals surface area contributed by atoms with Crippen LogP contribution in [0.5, 0.6) is 0 Å². The SMILES string of the molecule is Cc1cnc(Nc2ccccn2)cc1Nc1ccccc1N. The molecule has 0 aliphatic carbocycles. The van der Waals surface area contributed by atoms with Crippen LogP contribution in [-0.2, 0) is 0 Å². The Labute approximate surface area is 129 Å². The second kappa shape index (κ2) is 6.13. The van der Waals surface area contributed by atoms with Crippen LogP contribution in [0.3, 0.4) is 0 Å². The summed E-state index contributed by atoms with van der Waals surface area (Å²) in [6, 6.07) is 15.3. The molecule has 3 aromatic rings. The van der Waals surface area contributed by atoms with Crippen LogP contribution in [-0.4, -0.2) is 9.97 Å². The fraction of sp³-hybridized carbons (Fsp3) is 0.0588. The number of para-hydroxylation sites is 2. The van der Waals surface area contributed by atoms with Gasteiger partial charge in [-0.15, -0.1) is 0 Å². The third-order valence-corrected chi connectivity index (χ3v) is 3.25. The summed E-state index contributed by atoms with van der Waals surface area (Å²) in [7, 11) is 0. The van der Waals surface area contributed by atoms with Gasteiger partial charge in [0.1, 0.15) is 11.6 Å². The Morgan fingerprint density at radius 3 is 2.45 bits per heavy atom. The van der Waals surface area contributed by atoms with E-state index in [1.807, 2.05) is 61.7 Å². The van der Waals surface area contributed by atoms with E-state index in [1.165, 1.54) is 0 Å². The van der Waals surface area contributed by atoms with Crippen LogP contribution in [0.25, 0.3) is 0 Å². The van der Waals surface area contributed by atoms with Crippen molar-refractivity contribution in [2.24, 2.45) is 0 Å². The number of rotatable bonds is 4. The molecule has 110 valence electrons. The molecule has 5 heteroatoms. The molecular weight excluding hydrogens is 274 g/mol. The molecule has 1 aromatic carbocycles. The number of hydrogen-bond acceptors (Lipinski definition) is 5. The van der Waals surface area contributed by atoms with E-state index in [2.05, 4.69) is 20.6 Å². The second-order valence-electron chi connectivity index (χ2n) is 4.94. The van der Waals surface area contributed by atoms with E-state index < -0.39 is 0 Å². The van der Waals surface area contributed by atoms with Gasteiger partial charge in [-0.3, -0.25) is 0 Å². The monoisotopic (exact) mass is 291 g/mol. The first kappa shape index (κ1) is 13.9. The summed E-state index contributed by atoms with van der Waals surface area (Å²) in [4.78, 5) is 8.61. The van der Waals surface area contributed by atoms with Gasteiger partial charge >= 0.3 is 0 Å². The summed E-state index contributed by atoms with van der Waals surface area (Å²) in [5.74, 6) is 1.48. The number of nitrogens with two attached hydrogens (primary N) is 1. The molecule has 0 amide bonds. The maximum Gasteiger partial charge on any atom is 0.133 e. The Balaban J connectivity index is 1.86. The van der Waals surface area contributed by atoms with Crippen LogP contribution in [0.1, 0.15) is 5.56 Å². The van der Waals surface area contributed by atoms with Gasteiger partial charge in [0.05, 0.1) is 11.4 Å². The first-order valence-corrected chi connectivity index (χ1v) is 6.98. The number of aryl methyl sites for hydroxylation is 1. The Morgan fingerprint density at radius 1 is 0.864 bits per heavy atom. The van der Waals surface area contributed by atoms with Gasteiger partial charge in [-0.2, -0.15) is 0 Å². The standard InChI is InChI=1S/C17H17N5/c1-12-11-20-17(22-16-8-4-5-9-19-16)10-15(12)21-14-7-3-2-6-13(14)18/h2-11H,18H2,1H3,(H2,19,20,21,22). The number of aromatic nitrogens is 2. The average Bonchev–Trinajstić information content (AvgIpc) is 2.54. The largest absolute Gasteiger partial charge is 0.397 e. The molecule has 0 saturated carbocycles. The van der Waals surface area contributed by atoms with Gasteiger partial charge in [-0.05, 0) is 36.8 Å². The minimum atomic E-state index is 0.706. The lowest BCUT2D eigenvalue weighted by molar-refractivity contribution is 1.23. The summed E-state index contributed by atoms with van der Waals surface area (Å²) < 4.78 is 0. The van der Waals surface area contributed by atoms with Crippen LogP contribution in [0.15, 0.2) is 60.9 Å². The van der Waals surface area contributed by atoms with Crippen LogP contribution in [0, 0.1) is 6.92 Å². The van der Waals surface area contributed by atoms with E-state index in [-0.39, 0.29) is 0 Å². The number of anilines is 5. The third-order valence-electron chi connectivity index (χ3n) is 3.25. The summed E-state index contributed by atoms with van der Waals surface area (Å²) in [6.45, 7) is 2.00. The smallest absolute Gasteiger partial charge is 0.133 e. The van der Waals surface area contributed by atoms with Gasteiger partial charge in [0.25, 0.3) is 0 Å². The number of nitrogens with zero attached hydrogens (tertiary/aromatic N) is 2. The zero-order chi connectivity index (χ0) is 15.4. The lowest BCUT2D eigenvalue weighted by atomic mass is 10.2. The highest BCUT2D eigenvalue weighted by atomic mass is 15.1. The molecule has 0 aliphatic rings. The van der Waals surface area contributed by atoms with Gasteiger partial charge in [0, 0.05) is 24.1 Å². The molecule has 0 unspecified atom stereocenters. The van der Waals surface area contributed by atoms with E-state index >= 15 is 0 Å². The molecule has 0 bridgehead atoms. The molecule has 0 fully saturated rings. The molecule has 4 N–H and O–H groups in total. The molecule has 22 heavy (non-hydrogen) atoms. The molecule has 2 aromatic heterocycles. The molecule has 0 spiro atoms. The van der Waals surface area contributed by atoms with Crippen molar-refractivity contribution in [3.8, 4) is 0 Å². The van der Waals surface area contributed by atoms with E-state index in [9.17, 15) is 0 Å². The number of nitrogens with one attached hydrogen (secondary N) is 2. The highest BCUT2D eigenvalue weighted by Gasteiger charge is 2.05. The number of nitrogen functional groups attached to an aromatic ring is 1. The molecule has 2 heterocycles. The number of pyridine rings is 2. The van der Waals surface area contributed by atoms with Crippen molar-refractivity contribution in [3.63, 3.8) is 0 Å². The Hall–Kier alpha value is -3.08. The molecule has 0 radical (unpaired) electrons. The molecular formula is C17H17N5. The highest BCUT2D eigenvalue weighted by Crippen LogP contribution is 2.26. The minimum absolute atomic E-state index is 0.706. The van der Waals surface area contributed by atoms with E-state index in [0.717, 1.165) is 28.6 Å². The Morgan fingerprint density at radius 2 is 1.68 bits per heavy atom. The first-order chi connectivity index (χ1) is 10.7. The van der Waals surface area contributed by atoms with Crippen molar-refractivity contribution in [2.75, 3.05) is 16.4 Å². The third kappa shape index (κ3) is 3.15. The van der Waals surface area contributed by atoms with Gasteiger partial charge in [-0.25, -0.2) is 9.97 Å². The zero-order valence-electron chi connectivity index (χ0n) is 12.2. The zero-order valence-corrected chi connectivity index (χ0v) is 12.2. The number of benzene rings is 1. The minimum Gasteiger partial charge on any atom is -0.397 e. The van der Waals surface area contributed by atoms with Crippen molar-refractivity contribution in [2.45, 2.75) is 6.92 Å². The van der Waals surface area contributed by atoms with Crippen molar-refractivity contribution in [1.82, 2.24) is 9.97 Å². The fourth-order valence-corrected chi connectivity index (χ4v) is 2.05. The lowest BCUT2D eigenvalue weighted by Crippen LogP contribution is -2.01. The first-order valence-electron chi connectivity index (χ1n) is 6.98. The van der Waals surface area contributed by atoms with E-state index in [4.69, 9.17) is 5.73 Å². The van der Waals surface area contributed by atoms with Gasteiger partial charge < -0.3 is 16.4 Å². The van der Waals surface area contributed by atoms with E-state index in [1.54, 1.807) is 6.20 Å². The summed E-state index contributed by atoms with van der Waals surface area (Å²) >= 11 is 0. The molecule has 0 atom stereocenters. The quantitative estimate of drug-likeness (QED) is 0.636. The van der Waals surface area contributed by atoms with Crippen LogP contribution in [0.4, 0.5) is 28.7 Å². The topological polar surface area (TPSA) is 75.9 Å². The maximum atomic E-state index is 5.98. The molecule has 0 saturated heterocycles. The van der Waals surface area contributed by atoms with Gasteiger partial charge in [0.2, 0.25) is 0 Å². The average molecular weight is 291 g/mol. The summed E-state index contributed by atoms with van der Waals surface area (Å²) in [5, 5.41) is 6.52. The Kier molecular flexibility index (Phi) is 3.87. The molecule has 5 nitrogen and oxygen atoms in total.